The van der Waals surface area contributed by atoms with E-state index >= 15 is 0 Å². The van der Waals surface area contributed by atoms with Gasteiger partial charge in [0.25, 0.3) is 0 Å². The van der Waals surface area contributed by atoms with E-state index in [9.17, 15) is 0 Å². The Hall–Kier alpha value is -0.810. The Balaban J connectivity index is 2.74. The molecule has 0 N–H and O–H groups in total. The third-order valence-electron chi connectivity index (χ3n) is 2.03. The maximum atomic E-state index is 5.84. The second kappa shape index (κ2) is 3.98. The molecular weight excluding hydrogens is 279 g/mol. The molecule has 80 valence electrons. The van der Waals surface area contributed by atoms with Crippen LogP contribution in [0.5, 0.6) is 0 Å². The lowest BCUT2D eigenvalue weighted by molar-refractivity contribution is 0.713. The molecule has 0 saturated heterocycles. The quantitative estimate of drug-likeness (QED) is 0.794. The number of imidazole rings is 1. The van der Waals surface area contributed by atoms with Crippen molar-refractivity contribution in [3.63, 3.8) is 0 Å². The van der Waals surface area contributed by atoms with Crippen molar-refractivity contribution in [2.45, 2.75) is 5.88 Å². The summed E-state index contributed by atoms with van der Waals surface area (Å²) in [5, 5.41) is 1.91. The first-order valence-electron chi connectivity index (χ1n) is 4.40. The first kappa shape index (κ1) is 10.7. The monoisotopic (exact) mass is 288 g/mol. The van der Waals surface area contributed by atoms with Gasteiger partial charge in [0.1, 0.15) is 11.3 Å². The Morgan fingerprint density at radius 2 is 2.27 bits per heavy atom. The molecular formula is C9H10BrClN4. The minimum Gasteiger partial charge on any atom is -0.316 e. The molecule has 0 unspecified atom stereocenters. The zero-order valence-corrected chi connectivity index (χ0v) is 10.7. The van der Waals surface area contributed by atoms with Crippen LogP contribution in [-0.4, -0.2) is 28.7 Å². The maximum Gasteiger partial charge on any atom is 0.179 e. The molecule has 0 aliphatic rings. The van der Waals surface area contributed by atoms with Crippen LogP contribution in [-0.2, 0) is 5.88 Å². The highest BCUT2D eigenvalue weighted by molar-refractivity contribution is 9.10. The van der Waals surface area contributed by atoms with Gasteiger partial charge < -0.3 is 5.01 Å². The second-order valence-corrected chi connectivity index (χ2v) is 4.50. The lowest BCUT2D eigenvalue weighted by Gasteiger charge is -2.16. The summed E-state index contributed by atoms with van der Waals surface area (Å²) >= 11 is 9.20. The largest absolute Gasteiger partial charge is 0.316 e. The molecule has 0 aliphatic carbocycles. The molecule has 0 aromatic carbocycles. The van der Waals surface area contributed by atoms with Crippen molar-refractivity contribution in [1.82, 2.24) is 14.6 Å². The minimum atomic E-state index is 0.367. The van der Waals surface area contributed by atoms with Crippen molar-refractivity contribution in [1.29, 1.82) is 0 Å². The lowest BCUT2D eigenvalue weighted by atomic mass is 10.4. The van der Waals surface area contributed by atoms with Gasteiger partial charge in [0.05, 0.1) is 5.88 Å². The van der Waals surface area contributed by atoms with E-state index in [0.29, 0.717) is 5.88 Å². The fraction of sp³-hybridized carbons (Fsp3) is 0.333. The molecule has 0 amide bonds. The molecule has 2 rings (SSSR count). The van der Waals surface area contributed by atoms with E-state index in [-0.39, 0.29) is 0 Å². The number of aromatic nitrogens is 3. The van der Waals surface area contributed by atoms with E-state index in [0.717, 1.165) is 21.5 Å². The highest BCUT2D eigenvalue weighted by atomic mass is 79.9. The van der Waals surface area contributed by atoms with Gasteiger partial charge in [-0.2, -0.15) is 0 Å². The summed E-state index contributed by atoms with van der Waals surface area (Å²) in [6.07, 6.45) is 1.75. The average molecular weight is 290 g/mol. The number of pyridine rings is 1. The summed E-state index contributed by atoms with van der Waals surface area (Å²) in [6, 6.07) is 1.93. The molecule has 0 bridgehead atoms. The van der Waals surface area contributed by atoms with Crippen LogP contribution in [0.1, 0.15) is 5.82 Å². The summed E-state index contributed by atoms with van der Waals surface area (Å²) in [7, 11) is 3.86. The third kappa shape index (κ3) is 1.81. The zero-order valence-electron chi connectivity index (χ0n) is 8.41. The van der Waals surface area contributed by atoms with E-state index in [2.05, 4.69) is 25.9 Å². The van der Waals surface area contributed by atoms with Gasteiger partial charge in [0, 0.05) is 24.8 Å². The Morgan fingerprint density at radius 1 is 1.53 bits per heavy atom. The molecule has 15 heavy (non-hydrogen) atoms. The molecule has 2 aromatic rings. The average Bonchev–Trinajstić information content (AvgIpc) is 2.54. The summed E-state index contributed by atoms with van der Waals surface area (Å²) in [5.41, 5.74) is 1.66. The molecule has 0 atom stereocenters. The predicted molar refractivity (Wildman–Crippen MR) is 64.9 cm³/mol. The van der Waals surface area contributed by atoms with Gasteiger partial charge in [-0.15, -0.1) is 11.6 Å². The maximum absolute atomic E-state index is 5.84. The zero-order chi connectivity index (χ0) is 11.0. The van der Waals surface area contributed by atoms with Crippen molar-refractivity contribution >= 4 is 38.7 Å². The summed E-state index contributed by atoms with van der Waals surface area (Å²) in [5.74, 6) is 1.16. The predicted octanol–water partition coefficient (Wildman–Crippen LogP) is 2.13. The fourth-order valence-corrected chi connectivity index (χ4v) is 1.97. The molecule has 0 saturated carbocycles. The number of rotatable bonds is 2. The van der Waals surface area contributed by atoms with Gasteiger partial charge in [0.2, 0.25) is 0 Å². The van der Waals surface area contributed by atoms with Crippen LogP contribution in [0.15, 0.2) is 16.7 Å². The van der Waals surface area contributed by atoms with Crippen molar-refractivity contribution in [2.75, 3.05) is 19.1 Å². The van der Waals surface area contributed by atoms with Gasteiger partial charge in [-0.3, -0.25) is 0 Å². The van der Waals surface area contributed by atoms with Crippen LogP contribution < -0.4 is 5.01 Å². The summed E-state index contributed by atoms with van der Waals surface area (Å²) < 4.78 is 2.81. The number of fused-ring (bicyclic) bond motifs is 1. The highest BCUT2D eigenvalue weighted by Crippen LogP contribution is 2.18. The standard InChI is InChI=1S/C9H10BrClN4/c1-14(2)15-8(4-11)13-7-3-6(10)5-12-9(7)15/h3,5H,4H2,1-2H3. The molecule has 0 fully saturated rings. The Morgan fingerprint density at radius 3 is 2.87 bits per heavy atom. The van der Waals surface area contributed by atoms with Crippen LogP contribution in [0.4, 0.5) is 0 Å². The number of nitrogens with zero attached hydrogens (tertiary/aromatic N) is 4. The van der Waals surface area contributed by atoms with Crippen LogP contribution in [0.3, 0.4) is 0 Å². The van der Waals surface area contributed by atoms with E-state index in [4.69, 9.17) is 11.6 Å². The molecule has 0 radical (unpaired) electrons. The first-order chi connectivity index (χ1) is 7.13. The van der Waals surface area contributed by atoms with E-state index in [1.165, 1.54) is 0 Å². The summed E-state index contributed by atoms with van der Waals surface area (Å²) in [4.78, 5) is 8.73. The minimum absolute atomic E-state index is 0.367. The lowest BCUT2D eigenvalue weighted by Crippen LogP contribution is -2.26. The third-order valence-corrected chi connectivity index (χ3v) is 2.70. The van der Waals surface area contributed by atoms with Crippen LogP contribution in [0.25, 0.3) is 11.2 Å². The van der Waals surface area contributed by atoms with Crippen LogP contribution >= 0.6 is 27.5 Å². The van der Waals surface area contributed by atoms with Crippen molar-refractivity contribution < 1.29 is 0 Å². The molecule has 4 nitrogen and oxygen atoms in total. The number of alkyl halides is 1. The number of hydrogen-bond acceptors (Lipinski definition) is 3. The van der Waals surface area contributed by atoms with E-state index < -0.39 is 0 Å². The smallest absolute Gasteiger partial charge is 0.179 e. The van der Waals surface area contributed by atoms with Crippen molar-refractivity contribution in [3.05, 3.63) is 22.6 Å². The van der Waals surface area contributed by atoms with Crippen LogP contribution in [0.2, 0.25) is 0 Å². The topological polar surface area (TPSA) is 34.0 Å². The van der Waals surface area contributed by atoms with Gasteiger partial charge in [-0.05, 0) is 22.0 Å². The van der Waals surface area contributed by atoms with Gasteiger partial charge in [0.15, 0.2) is 5.65 Å². The second-order valence-electron chi connectivity index (χ2n) is 3.32. The fourth-order valence-electron chi connectivity index (χ4n) is 1.48. The van der Waals surface area contributed by atoms with E-state index in [1.807, 2.05) is 29.8 Å². The van der Waals surface area contributed by atoms with Gasteiger partial charge in [-0.1, -0.05) is 0 Å². The molecule has 0 spiro atoms. The number of hydrogen-bond donors (Lipinski definition) is 0. The van der Waals surface area contributed by atoms with Gasteiger partial charge >= 0.3 is 0 Å². The highest BCUT2D eigenvalue weighted by Gasteiger charge is 2.12. The number of halogens is 2. The molecule has 2 heterocycles. The van der Waals surface area contributed by atoms with Crippen molar-refractivity contribution in [3.8, 4) is 0 Å². The summed E-state index contributed by atoms with van der Waals surface area (Å²) in [6.45, 7) is 0. The Kier molecular flexibility index (Phi) is 2.84. The molecule has 0 aliphatic heterocycles. The van der Waals surface area contributed by atoms with Crippen molar-refractivity contribution in [2.24, 2.45) is 0 Å². The van der Waals surface area contributed by atoms with E-state index in [1.54, 1.807) is 6.20 Å². The normalized spacial score (nSPS) is 10.9. The Bertz CT molecular complexity index is 494. The molecule has 2 aromatic heterocycles. The van der Waals surface area contributed by atoms with Crippen LogP contribution in [0, 0.1) is 0 Å². The first-order valence-corrected chi connectivity index (χ1v) is 5.72. The SMILES string of the molecule is CN(C)n1c(CCl)nc2cc(Br)cnc21. The van der Waals surface area contributed by atoms with Gasteiger partial charge in [-0.25, -0.2) is 14.6 Å². The molecule has 6 heteroatoms. The Labute approximate surface area is 101 Å².